The van der Waals surface area contributed by atoms with Gasteiger partial charge in [-0.05, 0) is 56.6 Å². The molecule has 7 heteroatoms. The summed E-state index contributed by atoms with van der Waals surface area (Å²) in [6, 6.07) is 13.2. The lowest BCUT2D eigenvalue weighted by molar-refractivity contribution is 0.0930. The molecule has 0 aliphatic carbocycles. The molecule has 0 spiro atoms. The highest BCUT2D eigenvalue weighted by Gasteiger charge is 2.19. The molecule has 1 fully saturated rings. The molecule has 3 N–H and O–H groups in total. The summed E-state index contributed by atoms with van der Waals surface area (Å²) >= 11 is 0. The molecule has 1 amide bonds. The fourth-order valence-corrected chi connectivity index (χ4v) is 3.99. The van der Waals surface area contributed by atoms with Gasteiger partial charge in [0.15, 0.2) is 0 Å². The molecule has 0 bridgehead atoms. The van der Waals surface area contributed by atoms with Crippen LogP contribution in [0.15, 0.2) is 53.4 Å². The third kappa shape index (κ3) is 4.62. The summed E-state index contributed by atoms with van der Waals surface area (Å²) in [6.07, 6.45) is 1.94. The number of carbonyl (C=O) groups excluding carboxylic acids is 1. The van der Waals surface area contributed by atoms with E-state index < -0.39 is 10.0 Å². The van der Waals surface area contributed by atoms with Crippen molar-refractivity contribution < 1.29 is 13.2 Å². The molecule has 1 atom stereocenters. The van der Waals surface area contributed by atoms with Crippen LogP contribution in [-0.4, -0.2) is 33.5 Å². The Morgan fingerprint density at radius 2 is 1.92 bits per heavy atom. The highest BCUT2D eigenvalue weighted by Crippen LogP contribution is 2.18. The number of amides is 1. The number of benzene rings is 2. The third-order valence-corrected chi connectivity index (χ3v) is 5.72. The topological polar surface area (TPSA) is 87.3 Å². The van der Waals surface area contributed by atoms with Gasteiger partial charge in [0.25, 0.3) is 15.9 Å². The Morgan fingerprint density at radius 3 is 2.62 bits per heavy atom. The molecule has 0 saturated carbocycles. The normalized spacial score (nSPS) is 17.5. The van der Waals surface area contributed by atoms with Gasteiger partial charge in [0.05, 0.1) is 4.90 Å². The molecule has 1 saturated heterocycles. The summed E-state index contributed by atoms with van der Waals surface area (Å²) in [6.45, 7) is 3.63. The average molecular weight is 373 g/mol. The van der Waals surface area contributed by atoms with Crippen LogP contribution < -0.4 is 15.4 Å². The van der Waals surface area contributed by atoms with E-state index in [1.165, 1.54) is 12.1 Å². The highest BCUT2D eigenvalue weighted by molar-refractivity contribution is 7.92. The Labute approximate surface area is 154 Å². The van der Waals surface area contributed by atoms with E-state index in [2.05, 4.69) is 15.4 Å². The lowest BCUT2D eigenvalue weighted by Gasteiger charge is -2.23. The van der Waals surface area contributed by atoms with E-state index in [9.17, 15) is 13.2 Å². The zero-order chi connectivity index (χ0) is 18.6. The number of anilines is 1. The standard InChI is InChI=1S/C19H23N3O3S/c1-14-7-9-16(10-8-14)22-26(24,25)18-6-2-4-15(12-18)19(23)21-17-5-3-11-20-13-17/h2,4,6-10,12,17,20,22H,3,5,11,13H2,1H3,(H,21,23)/t17-/m0/s1. The van der Waals surface area contributed by atoms with Gasteiger partial charge in [-0.1, -0.05) is 23.8 Å². The highest BCUT2D eigenvalue weighted by atomic mass is 32.2. The van der Waals surface area contributed by atoms with Crippen LogP contribution in [0.25, 0.3) is 0 Å². The van der Waals surface area contributed by atoms with E-state index >= 15 is 0 Å². The molecule has 2 aromatic rings. The average Bonchev–Trinajstić information content (AvgIpc) is 2.64. The first-order valence-corrected chi connectivity index (χ1v) is 10.1. The minimum atomic E-state index is -3.76. The number of aryl methyl sites for hydroxylation is 1. The Bertz CT molecular complexity index is 873. The van der Waals surface area contributed by atoms with Crippen molar-refractivity contribution in [2.24, 2.45) is 0 Å². The Hall–Kier alpha value is -2.38. The number of carbonyl (C=O) groups is 1. The quantitative estimate of drug-likeness (QED) is 0.750. The lowest BCUT2D eigenvalue weighted by atomic mass is 10.1. The van der Waals surface area contributed by atoms with Crippen LogP contribution in [0.1, 0.15) is 28.8 Å². The molecule has 6 nitrogen and oxygen atoms in total. The lowest BCUT2D eigenvalue weighted by Crippen LogP contribution is -2.45. The number of piperidine rings is 1. The van der Waals surface area contributed by atoms with Crippen LogP contribution in [0, 0.1) is 6.92 Å². The van der Waals surface area contributed by atoms with Crippen LogP contribution in [-0.2, 0) is 10.0 Å². The van der Waals surface area contributed by atoms with Gasteiger partial charge in [-0.15, -0.1) is 0 Å². The number of rotatable bonds is 5. The predicted molar refractivity (Wildman–Crippen MR) is 102 cm³/mol. The number of hydrogen-bond acceptors (Lipinski definition) is 4. The summed E-state index contributed by atoms with van der Waals surface area (Å²) in [7, 11) is -3.76. The fourth-order valence-electron chi connectivity index (χ4n) is 2.88. The van der Waals surface area contributed by atoms with Crippen LogP contribution in [0.5, 0.6) is 0 Å². The van der Waals surface area contributed by atoms with Gasteiger partial charge < -0.3 is 10.6 Å². The molecule has 3 rings (SSSR count). The molecule has 26 heavy (non-hydrogen) atoms. The first kappa shape index (κ1) is 18.4. The largest absolute Gasteiger partial charge is 0.348 e. The van der Waals surface area contributed by atoms with E-state index in [0.717, 1.165) is 31.5 Å². The first-order chi connectivity index (χ1) is 12.4. The second-order valence-corrected chi connectivity index (χ2v) is 8.20. The molecule has 138 valence electrons. The van der Waals surface area contributed by atoms with Crippen LogP contribution in [0.2, 0.25) is 0 Å². The smallest absolute Gasteiger partial charge is 0.261 e. The van der Waals surface area contributed by atoms with Gasteiger partial charge in [-0.3, -0.25) is 9.52 Å². The van der Waals surface area contributed by atoms with Gasteiger partial charge in [0, 0.05) is 23.8 Å². The van der Waals surface area contributed by atoms with Gasteiger partial charge in [-0.25, -0.2) is 8.42 Å². The van der Waals surface area contributed by atoms with Crippen molar-refractivity contribution in [1.29, 1.82) is 0 Å². The summed E-state index contributed by atoms with van der Waals surface area (Å²) in [5.74, 6) is -0.258. The Morgan fingerprint density at radius 1 is 1.15 bits per heavy atom. The van der Waals surface area contributed by atoms with Crippen molar-refractivity contribution in [3.63, 3.8) is 0 Å². The Kier molecular flexibility index (Phi) is 5.58. The van der Waals surface area contributed by atoms with Gasteiger partial charge in [-0.2, -0.15) is 0 Å². The zero-order valence-electron chi connectivity index (χ0n) is 14.7. The Balaban J connectivity index is 1.74. The second kappa shape index (κ2) is 7.88. The van der Waals surface area contributed by atoms with Crippen LogP contribution in [0.4, 0.5) is 5.69 Å². The maximum Gasteiger partial charge on any atom is 0.261 e. The molecule has 0 aromatic heterocycles. The molecular formula is C19H23N3O3S. The van der Waals surface area contributed by atoms with E-state index in [1.807, 2.05) is 19.1 Å². The van der Waals surface area contributed by atoms with Gasteiger partial charge in [0.2, 0.25) is 0 Å². The summed E-state index contributed by atoms with van der Waals surface area (Å²) < 4.78 is 27.7. The summed E-state index contributed by atoms with van der Waals surface area (Å²) in [4.78, 5) is 12.5. The van der Waals surface area contributed by atoms with Crippen molar-refractivity contribution in [1.82, 2.24) is 10.6 Å². The molecule has 1 heterocycles. The van der Waals surface area contributed by atoms with Crippen LogP contribution in [0.3, 0.4) is 0 Å². The van der Waals surface area contributed by atoms with Crippen molar-refractivity contribution in [3.05, 3.63) is 59.7 Å². The molecule has 1 aliphatic heterocycles. The minimum Gasteiger partial charge on any atom is -0.348 e. The van der Waals surface area contributed by atoms with Crippen molar-refractivity contribution in [2.45, 2.75) is 30.7 Å². The molecule has 2 aromatic carbocycles. The molecule has 0 radical (unpaired) electrons. The first-order valence-electron chi connectivity index (χ1n) is 8.65. The molecule has 0 unspecified atom stereocenters. The van der Waals surface area contributed by atoms with E-state index in [1.54, 1.807) is 24.3 Å². The maximum absolute atomic E-state index is 12.6. The maximum atomic E-state index is 12.6. The third-order valence-electron chi connectivity index (χ3n) is 4.34. The van der Waals surface area contributed by atoms with E-state index in [0.29, 0.717) is 11.3 Å². The SMILES string of the molecule is Cc1ccc(NS(=O)(=O)c2cccc(C(=O)N[C@H]3CCCNC3)c2)cc1. The minimum absolute atomic E-state index is 0.0625. The summed E-state index contributed by atoms with van der Waals surface area (Å²) in [5.41, 5.74) is 1.87. The number of nitrogens with one attached hydrogen (secondary N) is 3. The zero-order valence-corrected chi connectivity index (χ0v) is 15.5. The van der Waals surface area contributed by atoms with Gasteiger partial charge in [0.1, 0.15) is 0 Å². The van der Waals surface area contributed by atoms with Gasteiger partial charge >= 0.3 is 0 Å². The summed E-state index contributed by atoms with van der Waals surface area (Å²) in [5, 5.41) is 6.19. The molecular weight excluding hydrogens is 350 g/mol. The number of sulfonamides is 1. The number of hydrogen-bond donors (Lipinski definition) is 3. The van der Waals surface area contributed by atoms with Crippen molar-refractivity contribution in [3.8, 4) is 0 Å². The van der Waals surface area contributed by atoms with Crippen LogP contribution >= 0.6 is 0 Å². The van der Waals surface area contributed by atoms with Crippen molar-refractivity contribution >= 4 is 21.6 Å². The monoisotopic (exact) mass is 373 g/mol. The van der Waals surface area contributed by atoms with Crippen molar-refractivity contribution in [2.75, 3.05) is 17.8 Å². The predicted octanol–water partition coefficient (Wildman–Crippen LogP) is 2.28. The van der Waals surface area contributed by atoms with E-state index in [4.69, 9.17) is 0 Å². The second-order valence-electron chi connectivity index (χ2n) is 6.52. The molecule has 1 aliphatic rings. The fraction of sp³-hybridized carbons (Fsp3) is 0.316. The van der Waals surface area contributed by atoms with E-state index in [-0.39, 0.29) is 16.8 Å².